The zero-order valence-corrected chi connectivity index (χ0v) is 62.1. The second-order valence-corrected chi connectivity index (χ2v) is 21.8. The third-order valence-electron chi connectivity index (χ3n) is 14.7. The van der Waals surface area contributed by atoms with Gasteiger partial charge in [0.25, 0.3) is 0 Å². The average Bonchev–Trinajstić information content (AvgIpc) is 1.00. The zero-order valence-electron chi connectivity index (χ0n) is 51.7. The molecule has 0 aliphatic rings. The summed E-state index contributed by atoms with van der Waals surface area (Å²) in [4.78, 5) is 27.9. The van der Waals surface area contributed by atoms with Gasteiger partial charge in [-0.3, -0.25) is 9.97 Å². The van der Waals surface area contributed by atoms with Crippen LogP contribution in [0.4, 0.5) is 0 Å². The first kappa shape index (κ1) is 72.5. The molecular formula is C85H58Ir4N6S-6. The van der Waals surface area contributed by atoms with E-state index in [2.05, 4.69) is 146 Å². The number of fused-ring (bicyclic) bond motifs is 5. The molecule has 0 amide bonds. The molecule has 0 saturated heterocycles. The molecule has 0 bridgehead atoms. The molecular weight excluding hydrogens is 1910 g/mol. The fourth-order valence-corrected chi connectivity index (χ4v) is 10.8. The van der Waals surface area contributed by atoms with Gasteiger partial charge in [-0.15, -0.1) is 184 Å². The van der Waals surface area contributed by atoms with E-state index >= 15 is 0 Å². The summed E-state index contributed by atoms with van der Waals surface area (Å²) in [7, 11) is 0. The van der Waals surface area contributed by atoms with Crippen molar-refractivity contribution in [2.75, 3.05) is 0 Å². The third kappa shape index (κ3) is 19.4. The van der Waals surface area contributed by atoms with Gasteiger partial charge in [0.15, 0.2) is 0 Å². The molecule has 7 heterocycles. The number of thiophene rings is 1. The Morgan fingerprint density at radius 1 is 0.271 bits per heavy atom. The minimum Gasteiger partial charge on any atom is -0.318 e. The summed E-state index contributed by atoms with van der Waals surface area (Å²) in [5.41, 5.74) is 14.4. The van der Waals surface area contributed by atoms with Gasteiger partial charge < -0.3 is 19.9 Å². The normalized spacial score (nSPS) is 10.0. The van der Waals surface area contributed by atoms with Crippen LogP contribution in [0.2, 0.25) is 0 Å². The maximum absolute atomic E-state index is 4.64. The van der Waals surface area contributed by atoms with Crippen LogP contribution in [0.15, 0.2) is 333 Å². The van der Waals surface area contributed by atoms with Gasteiger partial charge in [-0.2, -0.15) is 12.1 Å². The largest absolute Gasteiger partial charge is 0.318 e. The predicted octanol–water partition coefficient (Wildman–Crippen LogP) is 21.4. The van der Waals surface area contributed by atoms with Crippen LogP contribution < -0.4 is 0 Å². The molecule has 6 nitrogen and oxygen atoms in total. The van der Waals surface area contributed by atoms with E-state index in [4.69, 9.17) is 0 Å². The van der Waals surface area contributed by atoms with Crippen LogP contribution in [-0.4, -0.2) is 29.9 Å². The van der Waals surface area contributed by atoms with Crippen molar-refractivity contribution < 1.29 is 80.4 Å². The summed E-state index contributed by atoms with van der Waals surface area (Å²) in [6.45, 7) is 2.06. The second kappa shape index (κ2) is 37.7. The Labute approximate surface area is 619 Å². The molecule has 17 aromatic rings. The standard InChI is InChI=1S/C16H12N.3C15H10N.C13H8NS.C11H8N.4Ir/c1-12-6-8-14(9-7-12)16-11-10-13-4-2-3-5-15(13)17-16;2*1-2-7-13(8-3-1)15-14-9-5-4-6-12(14)10-11-16-15;1-2-6-12(7-3-1)15-11-10-13-8-4-5-9-14(13)16-15;1-2-5-11-10(4-1)7-8-14-13(11)12-6-3-9-15-12;1-2-6-10(7-3-1)11-8-4-5-9-12-11;;;;/h2-8,10-11H,1H3;2*1-7,9-11H;1-6,8-11H;1-5,7-9H;1-6,8-9H;;;;/q6*-1;;;;. The van der Waals surface area contributed by atoms with Crippen LogP contribution in [0.25, 0.3) is 121 Å². The first-order valence-electron chi connectivity index (χ1n) is 30.0. The number of hydrogen-bond donors (Lipinski definition) is 0. The molecule has 476 valence electrons. The molecule has 10 aromatic carbocycles. The van der Waals surface area contributed by atoms with Crippen molar-refractivity contribution >= 4 is 65.5 Å². The van der Waals surface area contributed by atoms with Crippen LogP contribution in [0.3, 0.4) is 0 Å². The molecule has 0 saturated carbocycles. The van der Waals surface area contributed by atoms with Gasteiger partial charge in [-0.05, 0) is 114 Å². The molecule has 0 spiro atoms. The Hall–Kier alpha value is -9.30. The molecule has 4 radical (unpaired) electrons. The molecule has 17 rings (SSSR count). The summed E-state index contributed by atoms with van der Waals surface area (Å²) < 4.78 is 0. The molecule has 7 aromatic heterocycles. The molecule has 0 atom stereocenters. The number of aryl methyl sites for hydroxylation is 1. The van der Waals surface area contributed by atoms with E-state index in [0.29, 0.717) is 0 Å². The van der Waals surface area contributed by atoms with Crippen LogP contribution in [0.5, 0.6) is 0 Å². The molecule has 96 heavy (non-hydrogen) atoms. The van der Waals surface area contributed by atoms with Gasteiger partial charge >= 0.3 is 0 Å². The smallest absolute Gasteiger partial charge is 0.0595 e. The molecule has 0 aliphatic carbocycles. The fraction of sp³-hybridized carbons (Fsp3) is 0.0118. The van der Waals surface area contributed by atoms with Crippen LogP contribution >= 0.6 is 11.3 Å². The quantitative estimate of drug-likeness (QED) is 0.154. The van der Waals surface area contributed by atoms with Gasteiger partial charge in [0, 0.05) is 105 Å². The topological polar surface area (TPSA) is 77.3 Å². The Morgan fingerprint density at radius 3 is 1.08 bits per heavy atom. The van der Waals surface area contributed by atoms with Crippen LogP contribution in [-0.2, 0) is 80.4 Å². The molecule has 11 heteroatoms. The summed E-state index contributed by atoms with van der Waals surface area (Å²) in [6.07, 6.45) is 7.33. The van der Waals surface area contributed by atoms with E-state index in [1.165, 1.54) is 48.7 Å². The second-order valence-electron chi connectivity index (χ2n) is 20.9. The van der Waals surface area contributed by atoms with E-state index in [0.717, 1.165) is 77.9 Å². The summed E-state index contributed by atoms with van der Waals surface area (Å²) in [6, 6.07) is 120. The molecule has 0 N–H and O–H groups in total. The van der Waals surface area contributed by atoms with Gasteiger partial charge in [0.05, 0.1) is 11.0 Å². The maximum Gasteiger partial charge on any atom is 0.0595 e. The van der Waals surface area contributed by atoms with E-state index < -0.39 is 0 Å². The SMILES string of the molecule is Cc1c[c-]c(-c2ccc3ccccc3n2)cc1.[Ir].[Ir].[Ir].[Ir].[c-]1ccccc1-c1ccc2ccccc2n1.[c-]1ccccc1-c1ccccn1.[c-]1ccccc1-c1nccc2ccccc12.[c-]1ccccc1-c1nccc2ccccc12.[c-]1ccsc1-c1nccc2ccccc12. The van der Waals surface area contributed by atoms with Crippen LogP contribution in [0, 0.1) is 43.3 Å². The number of benzene rings is 10. The first-order chi connectivity index (χ1) is 45.6. The summed E-state index contributed by atoms with van der Waals surface area (Å²) in [5, 5.41) is 11.6. The van der Waals surface area contributed by atoms with Crippen molar-refractivity contribution in [3.63, 3.8) is 0 Å². The minimum absolute atomic E-state index is 0. The minimum atomic E-state index is 0. The van der Waals surface area contributed by atoms with E-state index in [9.17, 15) is 0 Å². The number of hydrogen-bond acceptors (Lipinski definition) is 7. The van der Waals surface area contributed by atoms with Crippen molar-refractivity contribution in [1.29, 1.82) is 0 Å². The van der Waals surface area contributed by atoms with Gasteiger partial charge in [0.1, 0.15) is 0 Å². The monoisotopic (exact) mass is 1970 g/mol. The maximum atomic E-state index is 4.64. The van der Waals surface area contributed by atoms with Gasteiger partial charge in [-0.1, -0.05) is 157 Å². The number of para-hydroxylation sites is 2. The number of rotatable bonds is 6. The molecule has 0 fully saturated rings. The van der Waals surface area contributed by atoms with Crippen molar-refractivity contribution in [2.45, 2.75) is 6.92 Å². The van der Waals surface area contributed by atoms with Crippen molar-refractivity contribution in [3.8, 4) is 66.9 Å². The molecule has 0 aliphatic heterocycles. The van der Waals surface area contributed by atoms with Crippen molar-refractivity contribution in [2.24, 2.45) is 0 Å². The zero-order chi connectivity index (χ0) is 62.4. The average molecular weight is 1960 g/mol. The van der Waals surface area contributed by atoms with E-state index in [-0.39, 0.29) is 80.4 Å². The Morgan fingerprint density at radius 2 is 0.667 bits per heavy atom. The van der Waals surface area contributed by atoms with Gasteiger partial charge in [0.2, 0.25) is 0 Å². The fourth-order valence-electron chi connectivity index (χ4n) is 10.1. The number of nitrogens with zero attached hydrogens (tertiary/aromatic N) is 6. The first-order valence-corrected chi connectivity index (χ1v) is 30.9. The van der Waals surface area contributed by atoms with Gasteiger partial charge in [-0.25, -0.2) is 11.3 Å². The summed E-state index contributed by atoms with van der Waals surface area (Å²) in [5.74, 6) is 0. The number of aromatic nitrogens is 6. The molecule has 0 unspecified atom stereocenters. The van der Waals surface area contributed by atoms with Crippen molar-refractivity contribution in [3.05, 3.63) is 375 Å². The Kier molecular flexibility index (Phi) is 28.5. The van der Waals surface area contributed by atoms with E-state index in [1.54, 1.807) is 17.5 Å². The van der Waals surface area contributed by atoms with E-state index in [1.807, 2.05) is 254 Å². The predicted molar refractivity (Wildman–Crippen MR) is 381 cm³/mol. The third-order valence-corrected chi connectivity index (χ3v) is 15.5. The van der Waals surface area contributed by atoms with Crippen molar-refractivity contribution in [1.82, 2.24) is 29.9 Å². The Balaban J connectivity index is 0.000000147. The number of pyridine rings is 6. The van der Waals surface area contributed by atoms with Crippen LogP contribution in [0.1, 0.15) is 5.56 Å². The summed E-state index contributed by atoms with van der Waals surface area (Å²) >= 11 is 1.67. The Bertz CT molecular complexity index is 4940.